The molecule has 84 valence electrons. The Kier molecular flexibility index (Phi) is 5.72. The first-order chi connectivity index (χ1) is 6.45. The largest absolute Gasteiger partial charge is 0.394 e. The van der Waals surface area contributed by atoms with Crippen LogP contribution >= 0.6 is 0 Å². The van der Waals surface area contributed by atoms with Crippen molar-refractivity contribution in [3.05, 3.63) is 0 Å². The predicted molar refractivity (Wildman–Crippen MR) is 57.1 cm³/mol. The molecule has 14 heavy (non-hydrogen) atoms. The number of rotatable bonds is 6. The number of carbonyl (C=O) groups excluding carboxylic acids is 1. The molecule has 2 N–H and O–H groups in total. The van der Waals surface area contributed by atoms with Gasteiger partial charge in [0.2, 0.25) is 5.91 Å². The van der Waals surface area contributed by atoms with Crippen molar-refractivity contribution in [3.8, 4) is 0 Å². The zero-order chi connectivity index (χ0) is 11.2. The van der Waals surface area contributed by atoms with Gasteiger partial charge in [-0.2, -0.15) is 0 Å². The molecule has 0 heterocycles. The normalized spacial score (nSPS) is 11.5. The Morgan fingerprint density at radius 3 is 2.50 bits per heavy atom. The first-order valence-corrected chi connectivity index (χ1v) is 5.04. The van der Waals surface area contributed by atoms with Gasteiger partial charge in [0, 0.05) is 20.0 Å². The lowest BCUT2D eigenvalue weighted by molar-refractivity contribution is -0.135. The molecule has 0 aliphatic heterocycles. The van der Waals surface area contributed by atoms with E-state index in [-0.39, 0.29) is 12.5 Å². The fraction of sp³-hybridized carbons (Fsp3) is 0.900. The SMILES string of the molecule is CCNCCC(=O)N(C)C(C)(C)CO. The monoisotopic (exact) mass is 202 g/mol. The molecule has 0 bridgehead atoms. The van der Waals surface area contributed by atoms with Crippen molar-refractivity contribution in [3.63, 3.8) is 0 Å². The van der Waals surface area contributed by atoms with E-state index in [2.05, 4.69) is 5.32 Å². The summed E-state index contributed by atoms with van der Waals surface area (Å²) < 4.78 is 0. The minimum atomic E-state index is -0.469. The zero-order valence-corrected chi connectivity index (χ0v) is 9.63. The van der Waals surface area contributed by atoms with Gasteiger partial charge in [0.15, 0.2) is 0 Å². The van der Waals surface area contributed by atoms with E-state index >= 15 is 0 Å². The van der Waals surface area contributed by atoms with Gasteiger partial charge in [-0.05, 0) is 20.4 Å². The van der Waals surface area contributed by atoms with E-state index in [1.807, 2.05) is 20.8 Å². The summed E-state index contributed by atoms with van der Waals surface area (Å²) in [5, 5.41) is 12.2. The van der Waals surface area contributed by atoms with Crippen molar-refractivity contribution in [2.45, 2.75) is 32.7 Å². The van der Waals surface area contributed by atoms with Crippen molar-refractivity contribution in [2.75, 3.05) is 26.7 Å². The van der Waals surface area contributed by atoms with Crippen LogP contribution in [0.15, 0.2) is 0 Å². The van der Waals surface area contributed by atoms with Crippen LogP contribution < -0.4 is 5.32 Å². The standard InChI is InChI=1S/C10H22N2O2/c1-5-11-7-6-9(14)12(4)10(2,3)8-13/h11,13H,5-8H2,1-4H3. The summed E-state index contributed by atoms with van der Waals surface area (Å²) in [6.07, 6.45) is 0.480. The molecule has 0 rings (SSSR count). The highest BCUT2D eigenvalue weighted by atomic mass is 16.3. The molecular weight excluding hydrogens is 180 g/mol. The average molecular weight is 202 g/mol. The van der Waals surface area contributed by atoms with Gasteiger partial charge in [-0.25, -0.2) is 0 Å². The summed E-state index contributed by atoms with van der Waals surface area (Å²) in [5.74, 6) is 0.0602. The van der Waals surface area contributed by atoms with Crippen LogP contribution in [0.4, 0.5) is 0 Å². The molecule has 0 unspecified atom stereocenters. The number of aliphatic hydroxyl groups is 1. The van der Waals surface area contributed by atoms with E-state index in [9.17, 15) is 4.79 Å². The van der Waals surface area contributed by atoms with Crippen molar-refractivity contribution in [1.82, 2.24) is 10.2 Å². The van der Waals surface area contributed by atoms with Crippen LogP contribution in [0.25, 0.3) is 0 Å². The van der Waals surface area contributed by atoms with Gasteiger partial charge in [0.1, 0.15) is 0 Å². The Balaban J connectivity index is 3.99. The number of amides is 1. The molecule has 0 aliphatic carbocycles. The summed E-state index contributed by atoms with van der Waals surface area (Å²) in [6.45, 7) is 7.25. The van der Waals surface area contributed by atoms with Gasteiger partial charge in [0.25, 0.3) is 0 Å². The number of hydrogen-bond donors (Lipinski definition) is 2. The second-order valence-electron chi connectivity index (χ2n) is 4.03. The van der Waals surface area contributed by atoms with Crippen molar-refractivity contribution in [1.29, 1.82) is 0 Å². The first-order valence-electron chi connectivity index (χ1n) is 5.04. The smallest absolute Gasteiger partial charge is 0.224 e. The third-order valence-electron chi connectivity index (χ3n) is 2.43. The fourth-order valence-corrected chi connectivity index (χ4v) is 0.983. The molecular formula is C10H22N2O2. The van der Waals surface area contributed by atoms with Gasteiger partial charge in [0.05, 0.1) is 12.1 Å². The Morgan fingerprint density at radius 1 is 1.50 bits per heavy atom. The maximum atomic E-state index is 11.6. The molecule has 0 aromatic carbocycles. The van der Waals surface area contributed by atoms with Gasteiger partial charge in [-0.15, -0.1) is 0 Å². The van der Waals surface area contributed by atoms with Crippen LogP contribution in [-0.4, -0.2) is 48.2 Å². The number of carbonyl (C=O) groups is 1. The van der Waals surface area contributed by atoms with Crippen molar-refractivity contribution < 1.29 is 9.90 Å². The van der Waals surface area contributed by atoms with Gasteiger partial charge in [-0.3, -0.25) is 4.79 Å². The first kappa shape index (κ1) is 13.4. The third-order valence-corrected chi connectivity index (χ3v) is 2.43. The van der Waals surface area contributed by atoms with Crippen molar-refractivity contribution >= 4 is 5.91 Å². The van der Waals surface area contributed by atoms with E-state index in [0.29, 0.717) is 13.0 Å². The topological polar surface area (TPSA) is 52.6 Å². The number of aliphatic hydroxyl groups excluding tert-OH is 1. The highest BCUT2D eigenvalue weighted by molar-refractivity contribution is 5.76. The summed E-state index contributed by atoms with van der Waals surface area (Å²) in [5.41, 5.74) is -0.469. The highest BCUT2D eigenvalue weighted by Crippen LogP contribution is 2.11. The Hall–Kier alpha value is -0.610. The van der Waals surface area contributed by atoms with Crippen LogP contribution in [0.5, 0.6) is 0 Å². The number of likely N-dealkylation sites (N-methyl/N-ethyl adjacent to an activating group) is 1. The molecule has 4 nitrogen and oxygen atoms in total. The summed E-state index contributed by atoms with van der Waals surface area (Å²) >= 11 is 0. The van der Waals surface area contributed by atoms with Crippen LogP contribution in [0.1, 0.15) is 27.2 Å². The summed E-state index contributed by atoms with van der Waals surface area (Å²) in [4.78, 5) is 13.2. The predicted octanol–water partition coefficient (Wildman–Crippen LogP) is 0.215. The third kappa shape index (κ3) is 4.07. The maximum Gasteiger partial charge on any atom is 0.224 e. The molecule has 0 aliphatic rings. The second-order valence-corrected chi connectivity index (χ2v) is 4.03. The molecule has 0 saturated heterocycles. The molecule has 0 saturated carbocycles. The molecule has 0 radical (unpaired) electrons. The molecule has 0 aromatic heterocycles. The van der Waals surface area contributed by atoms with Gasteiger partial charge < -0.3 is 15.3 Å². The second kappa shape index (κ2) is 5.98. The zero-order valence-electron chi connectivity index (χ0n) is 9.63. The fourth-order valence-electron chi connectivity index (χ4n) is 0.983. The lowest BCUT2D eigenvalue weighted by Gasteiger charge is -2.34. The van der Waals surface area contributed by atoms with Crippen LogP contribution in [0, 0.1) is 0 Å². The summed E-state index contributed by atoms with van der Waals surface area (Å²) in [6, 6.07) is 0. The van der Waals surface area contributed by atoms with Gasteiger partial charge in [-0.1, -0.05) is 6.92 Å². The maximum absolute atomic E-state index is 11.6. The molecule has 4 heteroatoms. The number of hydrogen-bond acceptors (Lipinski definition) is 3. The van der Waals surface area contributed by atoms with E-state index in [1.165, 1.54) is 0 Å². The Morgan fingerprint density at radius 2 is 2.07 bits per heavy atom. The summed E-state index contributed by atoms with van der Waals surface area (Å²) in [7, 11) is 1.73. The van der Waals surface area contributed by atoms with Crippen LogP contribution in [0.2, 0.25) is 0 Å². The van der Waals surface area contributed by atoms with E-state index in [0.717, 1.165) is 6.54 Å². The number of nitrogens with zero attached hydrogens (tertiary/aromatic N) is 1. The van der Waals surface area contributed by atoms with Gasteiger partial charge >= 0.3 is 0 Å². The minimum Gasteiger partial charge on any atom is -0.394 e. The number of nitrogens with one attached hydrogen (secondary N) is 1. The Bertz CT molecular complexity index is 181. The van der Waals surface area contributed by atoms with E-state index in [4.69, 9.17) is 5.11 Å². The van der Waals surface area contributed by atoms with Crippen LogP contribution in [-0.2, 0) is 4.79 Å². The highest BCUT2D eigenvalue weighted by Gasteiger charge is 2.25. The Labute approximate surface area is 86.3 Å². The lowest BCUT2D eigenvalue weighted by Crippen LogP contribution is -2.48. The minimum absolute atomic E-state index is 0.0174. The van der Waals surface area contributed by atoms with Crippen LogP contribution in [0.3, 0.4) is 0 Å². The molecule has 0 fully saturated rings. The molecule has 1 amide bonds. The van der Waals surface area contributed by atoms with Crippen molar-refractivity contribution in [2.24, 2.45) is 0 Å². The average Bonchev–Trinajstić information content (AvgIpc) is 2.17. The van der Waals surface area contributed by atoms with E-state index < -0.39 is 5.54 Å². The van der Waals surface area contributed by atoms with E-state index in [1.54, 1.807) is 11.9 Å². The molecule has 0 aromatic rings. The molecule has 0 atom stereocenters. The quantitative estimate of drug-likeness (QED) is 0.606. The molecule has 0 spiro atoms. The lowest BCUT2D eigenvalue weighted by atomic mass is 10.0.